The Morgan fingerprint density at radius 2 is 1.77 bits per heavy atom. The SMILES string of the molecule is NC(=O)C1(C(=O)N(c2ccc(F)cc2)c2ccc(Oc3ccnc4nc(NCCCN5CCOCC5)cnc34)c(F)c2)CC1. The number of anilines is 3. The van der Waals surface area contributed by atoms with Crippen LogP contribution in [0.4, 0.5) is 26.0 Å². The Kier molecular flexibility index (Phi) is 8.31. The van der Waals surface area contributed by atoms with Gasteiger partial charge in [-0.3, -0.25) is 19.4 Å². The van der Waals surface area contributed by atoms with Gasteiger partial charge in [0.1, 0.15) is 17.1 Å². The Morgan fingerprint density at radius 3 is 2.48 bits per heavy atom. The molecule has 11 nitrogen and oxygen atoms in total. The lowest BCUT2D eigenvalue weighted by Gasteiger charge is -2.26. The summed E-state index contributed by atoms with van der Waals surface area (Å²) in [6.45, 7) is 5.07. The molecule has 2 aliphatic rings. The first-order valence-electron chi connectivity index (χ1n) is 14.4. The van der Waals surface area contributed by atoms with Crippen LogP contribution in [0, 0.1) is 17.0 Å². The molecule has 2 aromatic carbocycles. The standard InChI is InChI=1S/C31H31F2N7O4/c32-20-2-4-21(5-3-20)40(30(42)31(9-10-31)29(34)41)22-6-7-24(23(33)18-22)44-25-8-12-36-28-27(25)37-19-26(38-28)35-11-1-13-39-14-16-43-17-15-39/h2-8,12,18-19H,1,9-11,13-17H2,(H2,34,41)(H,35,36,38). The monoisotopic (exact) mass is 603 g/mol. The molecule has 1 saturated heterocycles. The summed E-state index contributed by atoms with van der Waals surface area (Å²) in [4.78, 5) is 42.4. The molecule has 44 heavy (non-hydrogen) atoms. The van der Waals surface area contributed by atoms with Crippen LogP contribution in [0.2, 0.25) is 0 Å². The Bertz CT molecular complexity index is 1680. The van der Waals surface area contributed by atoms with Crippen LogP contribution >= 0.6 is 0 Å². The van der Waals surface area contributed by atoms with E-state index in [1.54, 1.807) is 12.3 Å². The second-order valence-corrected chi connectivity index (χ2v) is 10.8. The van der Waals surface area contributed by atoms with Crippen molar-refractivity contribution in [3.8, 4) is 11.5 Å². The van der Waals surface area contributed by atoms with E-state index in [2.05, 4.69) is 25.2 Å². The fourth-order valence-corrected chi connectivity index (χ4v) is 5.12. The van der Waals surface area contributed by atoms with Crippen LogP contribution in [-0.4, -0.2) is 71.1 Å². The molecular formula is C31H31F2N7O4. The third kappa shape index (κ3) is 6.15. The normalized spacial score (nSPS) is 16.0. The highest BCUT2D eigenvalue weighted by Gasteiger charge is 2.57. The molecule has 0 radical (unpaired) electrons. The van der Waals surface area contributed by atoms with E-state index in [4.69, 9.17) is 15.2 Å². The van der Waals surface area contributed by atoms with E-state index in [0.717, 1.165) is 45.3 Å². The topological polar surface area (TPSA) is 136 Å². The van der Waals surface area contributed by atoms with Crippen LogP contribution in [0.25, 0.3) is 11.2 Å². The number of carbonyl (C=O) groups excluding carboxylic acids is 2. The van der Waals surface area contributed by atoms with Crippen LogP contribution in [0.5, 0.6) is 11.5 Å². The van der Waals surface area contributed by atoms with Crippen molar-refractivity contribution in [1.82, 2.24) is 19.9 Å². The number of amides is 2. The fraction of sp³-hybridized carbons (Fsp3) is 0.323. The minimum atomic E-state index is -1.38. The minimum absolute atomic E-state index is 0.127. The summed E-state index contributed by atoms with van der Waals surface area (Å²) < 4.78 is 40.4. The fourth-order valence-electron chi connectivity index (χ4n) is 5.12. The molecule has 0 atom stereocenters. The molecule has 3 N–H and O–H groups in total. The Morgan fingerprint density at radius 1 is 1.02 bits per heavy atom. The largest absolute Gasteiger partial charge is 0.452 e. The summed E-state index contributed by atoms with van der Waals surface area (Å²) in [5.74, 6) is -1.97. The highest BCUT2D eigenvalue weighted by Crippen LogP contribution is 2.49. The molecule has 6 rings (SSSR count). The van der Waals surface area contributed by atoms with Gasteiger partial charge in [-0.15, -0.1) is 0 Å². The van der Waals surface area contributed by atoms with Gasteiger partial charge < -0.3 is 20.5 Å². The minimum Gasteiger partial charge on any atom is -0.452 e. The Hall–Kier alpha value is -4.75. The van der Waals surface area contributed by atoms with E-state index in [9.17, 15) is 14.0 Å². The van der Waals surface area contributed by atoms with Crippen molar-refractivity contribution in [3.63, 3.8) is 0 Å². The maximum absolute atomic E-state index is 15.5. The Balaban J connectivity index is 1.19. The molecule has 13 heteroatoms. The molecule has 0 bridgehead atoms. The van der Waals surface area contributed by atoms with E-state index in [1.165, 1.54) is 47.5 Å². The lowest BCUT2D eigenvalue weighted by Crippen LogP contribution is -2.41. The van der Waals surface area contributed by atoms with E-state index in [-0.39, 0.29) is 35.7 Å². The summed E-state index contributed by atoms with van der Waals surface area (Å²) in [6, 6.07) is 10.6. The lowest BCUT2D eigenvalue weighted by molar-refractivity contribution is -0.133. The number of aromatic nitrogens is 3. The molecule has 4 aromatic rings. The second kappa shape index (κ2) is 12.5. The summed E-state index contributed by atoms with van der Waals surface area (Å²) in [5, 5.41) is 3.26. The quantitative estimate of drug-likeness (QED) is 0.191. The summed E-state index contributed by atoms with van der Waals surface area (Å²) >= 11 is 0. The third-order valence-electron chi connectivity index (χ3n) is 7.78. The number of carbonyl (C=O) groups is 2. The van der Waals surface area contributed by atoms with Gasteiger partial charge in [-0.1, -0.05) is 0 Å². The molecule has 0 unspecified atom stereocenters. The van der Waals surface area contributed by atoms with Crippen molar-refractivity contribution >= 4 is 40.2 Å². The first kappa shape index (κ1) is 29.3. The van der Waals surface area contributed by atoms with E-state index < -0.39 is 28.9 Å². The first-order chi connectivity index (χ1) is 21.3. The number of primary amides is 1. The average molecular weight is 604 g/mol. The van der Waals surface area contributed by atoms with Crippen molar-refractivity contribution in [2.75, 3.05) is 49.6 Å². The number of halogens is 2. The van der Waals surface area contributed by atoms with Gasteiger partial charge >= 0.3 is 0 Å². The summed E-state index contributed by atoms with van der Waals surface area (Å²) in [5.41, 5.74) is 5.21. The van der Waals surface area contributed by atoms with Crippen LogP contribution in [0.3, 0.4) is 0 Å². The maximum atomic E-state index is 15.5. The zero-order chi connectivity index (χ0) is 30.7. The molecule has 0 spiro atoms. The van der Waals surface area contributed by atoms with Gasteiger partial charge in [0.25, 0.3) is 0 Å². The average Bonchev–Trinajstić information content (AvgIpc) is 3.85. The van der Waals surface area contributed by atoms with E-state index in [1.807, 2.05) is 0 Å². The van der Waals surface area contributed by atoms with Gasteiger partial charge in [-0.25, -0.2) is 23.7 Å². The third-order valence-corrected chi connectivity index (χ3v) is 7.78. The van der Waals surface area contributed by atoms with Crippen LogP contribution in [-0.2, 0) is 14.3 Å². The van der Waals surface area contributed by atoms with Gasteiger partial charge in [0, 0.05) is 43.7 Å². The van der Waals surface area contributed by atoms with Crippen molar-refractivity contribution in [3.05, 3.63) is 72.6 Å². The first-order valence-corrected chi connectivity index (χ1v) is 14.4. The number of nitrogens with one attached hydrogen (secondary N) is 1. The van der Waals surface area contributed by atoms with Crippen LogP contribution in [0.15, 0.2) is 60.9 Å². The van der Waals surface area contributed by atoms with Gasteiger partial charge in [0.15, 0.2) is 28.5 Å². The summed E-state index contributed by atoms with van der Waals surface area (Å²) in [6.07, 6.45) is 4.56. The number of rotatable bonds is 11. The van der Waals surface area contributed by atoms with Crippen molar-refractivity contribution in [2.24, 2.45) is 11.1 Å². The number of morpholine rings is 1. The number of benzene rings is 2. The van der Waals surface area contributed by atoms with Crippen molar-refractivity contribution in [1.29, 1.82) is 0 Å². The molecule has 3 heterocycles. The predicted molar refractivity (Wildman–Crippen MR) is 159 cm³/mol. The second-order valence-electron chi connectivity index (χ2n) is 10.8. The molecule has 2 fully saturated rings. The van der Waals surface area contributed by atoms with Crippen molar-refractivity contribution < 1.29 is 27.8 Å². The molecule has 2 amide bonds. The molecule has 1 saturated carbocycles. The van der Waals surface area contributed by atoms with Crippen LogP contribution < -0.4 is 20.7 Å². The highest BCUT2D eigenvalue weighted by molar-refractivity contribution is 6.16. The van der Waals surface area contributed by atoms with Gasteiger partial charge in [0.05, 0.1) is 25.1 Å². The lowest BCUT2D eigenvalue weighted by atomic mass is 10.0. The van der Waals surface area contributed by atoms with Gasteiger partial charge in [0.2, 0.25) is 11.8 Å². The molecule has 228 valence electrons. The number of hydrogen-bond donors (Lipinski definition) is 2. The van der Waals surface area contributed by atoms with E-state index >= 15 is 4.39 Å². The molecule has 1 aliphatic heterocycles. The zero-order valence-corrected chi connectivity index (χ0v) is 23.8. The number of pyridine rings is 1. The number of hydrogen-bond acceptors (Lipinski definition) is 9. The number of fused-ring (bicyclic) bond motifs is 1. The number of nitrogens with two attached hydrogens (primary N) is 1. The van der Waals surface area contributed by atoms with Gasteiger partial charge in [-0.05, 0) is 62.2 Å². The highest BCUT2D eigenvalue weighted by atomic mass is 19.1. The molecule has 1 aliphatic carbocycles. The molecular weight excluding hydrogens is 572 g/mol. The Labute approximate surface area is 252 Å². The summed E-state index contributed by atoms with van der Waals surface area (Å²) in [7, 11) is 0. The smallest absolute Gasteiger partial charge is 0.247 e. The van der Waals surface area contributed by atoms with Crippen LogP contribution in [0.1, 0.15) is 19.3 Å². The predicted octanol–water partition coefficient (Wildman–Crippen LogP) is 4.16. The molecule has 2 aromatic heterocycles. The maximum Gasteiger partial charge on any atom is 0.247 e. The number of nitrogens with zero attached hydrogens (tertiary/aromatic N) is 5. The van der Waals surface area contributed by atoms with Gasteiger partial charge in [-0.2, -0.15) is 0 Å². The van der Waals surface area contributed by atoms with Crippen molar-refractivity contribution in [2.45, 2.75) is 19.3 Å². The van der Waals surface area contributed by atoms with E-state index in [0.29, 0.717) is 23.5 Å². The number of ether oxygens (including phenoxy) is 2. The zero-order valence-electron chi connectivity index (χ0n) is 23.8.